The third-order valence-electron chi connectivity index (χ3n) is 3.40. The van der Waals surface area contributed by atoms with Crippen molar-refractivity contribution in [3.63, 3.8) is 0 Å². The molecular weight excluding hydrogens is 242 g/mol. The number of nitrogens with zero attached hydrogens (tertiary/aromatic N) is 1. The highest BCUT2D eigenvalue weighted by Crippen LogP contribution is 2.26. The maximum absolute atomic E-state index is 8.69. The van der Waals surface area contributed by atoms with E-state index >= 15 is 0 Å². The van der Waals surface area contributed by atoms with E-state index in [1.54, 1.807) is 11.3 Å². The Hall–Kier alpha value is -0.820. The maximum Gasteiger partial charge on any atom is 0.0540 e. The molecule has 1 aromatic rings. The summed E-state index contributed by atoms with van der Waals surface area (Å²) in [7, 11) is 0. The SMILES string of the molecule is CC1CC(C)N(Cc2cc(C#CCCO)cs2)C1. The fraction of sp³-hybridized carbons (Fsp3) is 0.600. The number of rotatable bonds is 3. The molecule has 2 atom stereocenters. The molecule has 1 aliphatic rings. The molecule has 0 saturated carbocycles. The third kappa shape index (κ3) is 3.58. The predicted molar refractivity (Wildman–Crippen MR) is 76.6 cm³/mol. The van der Waals surface area contributed by atoms with E-state index in [2.05, 4.69) is 42.0 Å². The molecule has 1 saturated heterocycles. The summed E-state index contributed by atoms with van der Waals surface area (Å²) in [6.07, 6.45) is 1.88. The zero-order valence-electron chi connectivity index (χ0n) is 11.1. The second-order valence-corrected chi connectivity index (χ2v) is 6.19. The van der Waals surface area contributed by atoms with Crippen molar-refractivity contribution in [1.82, 2.24) is 4.90 Å². The third-order valence-corrected chi connectivity index (χ3v) is 4.32. The fourth-order valence-corrected chi connectivity index (χ4v) is 3.40. The van der Waals surface area contributed by atoms with Crippen molar-refractivity contribution < 1.29 is 5.11 Å². The Balaban J connectivity index is 1.93. The minimum absolute atomic E-state index is 0.146. The van der Waals surface area contributed by atoms with Crippen LogP contribution in [0.2, 0.25) is 0 Å². The minimum atomic E-state index is 0.146. The van der Waals surface area contributed by atoms with E-state index in [0.717, 1.165) is 18.0 Å². The minimum Gasteiger partial charge on any atom is -0.395 e. The zero-order chi connectivity index (χ0) is 13.0. The number of likely N-dealkylation sites (tertiary alicyclic amines) is 1. The number of thiophene rings is 1. The first-order valence-corrected chi connectivity index (χ1v) is 7.48. The van der Waals surface area contributed by atoms with E-state index in [0.29, 0.717) is 12.5 Å². The lowest BCUT2D eigenvalue weighted by atomic mass is 10.1. The van der Waals surface area contributed by atoms with Crippen molar-refractivity contribution in [3.05, 3.63) is 21.9 Å². The smallest absolute Gasteiger partial charge is 0.0540 e. The Morgan fingerprint density at radius 2 is 2.33 bits per heavy atom. The second-order valence-electron chi connectivity index (χ2n) is 5.20. The molecule has 1 aromatic heterocycles. The van der Waals surface area contributed by atoms with E-state index in [1.807, 2.05) is 0 Å². The summed E-state index contributed by atoms with van der Waals surface area (Å²) in [4.78, 5) is 3.95. The van der Waals surface area contributed by atoms with Crippen LogP contribution >= 0.6 is 11.3 Å². The molecule has 2 nitrogen and oxygen atoms in total. The van der Waals surface area contributed by atoms with Gasteiger partial charge in [0, 0.05) is 41.4 Å². The van der Waals surface area contributed by atoms with Crippen molar-refractivity contribution in [1.29, 1.82) is 0 Å². The van der Waals surface area contributed by atoms with Crippen LogP contribution in [-0.4, -0.2) is 29.2 Å². The van der Waals surface area contributed by atoms with Gasteiger partial charge in [0.05, 0.1) is 6.61 Å². The summed E-state index contributed by atoms with van der Waals surface area (Å²) in [5, 5.41) is 10.8. The molecule has 0 spiro atoms. The molecule has 18 heavy (non-hydrogen) atoms. The highest BCUT2D eigenvalue weighted by molar-refractivity contribution is 7.10. The van der Waals surface area contributed by atoms with Crippen LogP contribution in [0.3, 0.4) is 0 Å². The van der Waals surface area contributed by atoms with Crippen molar-refractivity contribution in [2.24, 2.45) is 5.92 Å². The molecule has 0 aliphatic carbocycles. The molecule has 1 aliphatic heterocycles. The summed E-state index contributed by atoms with van der Waals surface area (Å²) < 4.78 is 0. The van der Waals surface area contributed by atoms with Gasteiger partial charge in [-0.05, 0) is 25.3 Å². The first-order chi connectivity index (χ1) is 8.69. The van der Waals surface area contributed by atoms with E-state index in [4.69, 9.17) is 5.11 Å². The summed E-state index contributed by atoms with van der Waals surface area (Å²) in [5.74, 6) is 6.88. The predicted octanol–water partition coefficient (Wildman–Crippen LogP) is 2.71. The Morgan fingerprint density at radius 1 is 1.50 bits per heavy atom. The van der Waals surface area contributed by atoms with Gasteiger partial charge in [-0.15, -0.1) is 11.3 Å². The lowest BCUT2D eigenvalue weighted by Crippen LogP contribution is -2.26. The quantitative estimate of drug-likeness (QED) is 0.848. The van der Waals surface area contributed by atoms with Crippen LogP contribution in [0.1, 0.15) is 37.1 Å². The Morgan fingerprint density at radius 3 is 3.00 bits per heavy atom. The van der Waals surface area contributed by atoms with Gasteiger partial charge >= 0.3 is 0 Å². The molecule has 98 valence electrons. The lowest BCUT2D eigenvalue weighted by molar-refractivity contribution is 0.259. The first kappa shape index (κ1) is 13.6. The van der Waals surface area contributed by atoms with Crippen LogP contribution in [0, 0.1) is 17.8 Å². The van der Waals surface area contributed by atoms with Gasteiger partial charge in [-0.1, -0.05) is 18.8 Å². The average molecular weight is 263 g/mol. The van der Waals surface area contributed by atoms with Crippen LogP contribution in [0.25, 0.3) is 0 Å². The lowest BCUT2D eigenvalue weighted by Gasteiger charge is -2.19. The van der Waals surface area contributed by atoms with Gasteiger partial charge in [0.15, 0.2) is 0 Å². The van der Waals surface area contributed by atoms with E-state index in [9.17, 15) is 0 Å². The van der Waals surface area contributed by atoms with Crippen LogP contribution in [0.5, 0.6) is 0 Å². The molecule has 1 fully saturated rings. The Bertz CT molecular complexity index is 443. The van der Waals surface area contributed by atoms with Gasteiger partial charge in [-0.25, -0.2) is 0 Å². The molecule has 2 heterocycles. The number of aliphatic hydroxyl groups is 1. The number of aliphatic hydroxyl groups excluding tert-OH is 1. The summed E-state index contributed by atoms with van der Waals surface area (Å²) in [5.41, 5.74) is 1.09. The van der Waals surface area contributed by atoms with E-state index < -0.39 is 0 Å². The zero-order valence-corrected chi connectivity index (χ0v) is 12.0. The van der Waals surface area contributed by atoms with Gasteiger partial charge in [0.2, 0.25) is 0 Å². The molecule has 0 radical (unpaired) electrons. The summed E-state index contributed by atoms with van der Waals surface area (Å²) in [6, 6.07) is 2.89. The first-order valence-electron chi connectivity index (χ1n) is 6.60. The molecule has 2 unspecified atom stereocenters. The van der Waals surface area contributed by atoms with Gasteiger partial charge in [-0.3, -0.25) is 4.90 Å². The van der Waals surface area contributed by atoms with Crippen molar-refractivity contribution in [2.45, 2.75) is 39.3 Å². The maximum atomic E-state index is 8.69. The molecule has 2 rings (SSSR count). The van der Waals surface area contributed by atoms with Crippen LogP contribution in [0.4, 0.5) is 0 Å². The highest BCUT2D eigenvalue weighted by atomic mass is 32.1. The molecule has 1 N–H and O–H groups in total. The van der Waals surface area contributed by atoms with Crippen molar-refractivity contribution in [2.75, 3.05) is 13.2 Å². The van der Waals surface area contributed by atoms with E-state index in [-0.39, 0.29) is 6.61 Å². The number of hydrogen-bond acceptors (Lipinski definition) is 3. The van der Waals surface area contributed by atoms with E-state index in [1.165, 1.54) is 17.8 Å². The monoisotopic (exact) mass is 263 g/mol. The van der Waals surface area contributed by atoms with Crippen molar-refractivity contribution in [3.8, 4) is 11.8 Å². The van der Waals surface area contributed by atoms with Gasteiger partial charge < -0.3 is 5.11 Å². The molecule has 0 aromatic carbocycles. The average Bonchev–Trinajstić information content (AvgIpc) is 2.88. The molecule has 0 amide bonds. The molecule has 0 bridgehead atoms. The van der Waals surface area contributed by atoms with Gasteiger partial charge in [0.25, 0.3) is 0 Å². The van der Waals surface area contributed by atoms with Crippen LogP contribution in [-0.2, 0) is 6.54 Å². The fourth-order valence-electron chi connectivity index (χ4n) is 2.56. The standard InChI is InChI=1S/C15H21NOS/c1-12-7-13(2)16(9-12)10-15-8-14(11-18-15)5-3-4-6-17/h8,11-13,17H,4,6-7,9-10H2,1-2H3. The number of hydrogen-bond donors (Lipinski definition) is 1. The Kier molecular flexibility index (Phi) is 4.82. The van der Waals surface area contributed by atoms with Crippen molar-refractivity contribution >= 4 is 11.3 Å². The highest BCUT2D eigenvalue weighted by Gasteiger charge is 2.25. The second kappa shape index (κ2) is 6.38. The summed E-state index contributed by atoms with van der Waals surface area (Å²) in [6.45, 7) is 7.06. The summed E-state index contributed by atoms with van der Waals surface area (Å²) >= 11 is 1.79. The largest absolute Gasteiger partial charge is 0.395 e. The normalized spacial score (nSPS) is 23.9. The molecular formula is C15H21NOS. The topological polar surface area (TPSA) is 23.5 Å². The Labute approximate surface area is 114 Å². The van der Waals surface area contributed by atoms with Crippen LogP contribution < -0.4 is 0 Å². The van der Waals surface area contributed by atoms with Crippen LogP contribution in [0.15, 0.2) is 11.4 Å². The molecule has 3 heteroatoms. The van der Waals surface area contributed by atoms with Gasteiger partial charge in [-0.2, -0.15) is 0 Å². The van der Waals surface area contributed by atoms with Gasteiger partial charge in [0.1, 0.15) is 0 Å².